The van der Waals surface area contributed by atoms with Crippen molar-refractivity contribution in [3.8, 4) is 0 Å². The quantitative estimate of drug-likeness (QED) is 0.666. The summed E-state index contributed by atoms with van der Waals surface area (Å²) in [5.41, 5.74) is 0. The topological polar surface area (TPSA) is 3.24 Å². The van der Waals surface area contributed by atoms with Crippen molar-refractivity contribution in [1.82, 2.24) is 4.31 Å². The summed E-state index contributed by atoms with van der Waals surface area (Å²) in [7, 11) is 2.01. The summed E-state index contributed by atoms with van der Waals surface area (Å²) in [6.45, 7) is 3.05. The van der Waals surface area contributed by atoms with Gasteiger partial charge < -0.3 is 0 Å². The van der Waals surface area contributed by atoms with Gasteiger partial charge in [-0.3, -0.25) is 0 Å². The summed E-state index contributed by atoms with van der Waals surface area (Å²) in [6.07, 6.45) is 0. The number of benzene rings is 1. The summed E-state index contributed by atoms with van der Waals surface area (Å²) in [5.74, 6) is -0.182. The zero-order chi connectivity index (χ0) is 8.97. The molecule has 0 aliphatic rings. The fourth-order valence-corrected chi connectivity index (χ4v) is 1.49. The minimum atomic E-state index is -0.182. The molecular formula is C9H12FNS. The molecule has 0 atom stereocenters. The molecule has 0 saturated carbocycles. The summed E-state index contributed by atoms with van der Waals surface area (Å²) in [4.78, 5) is 1.07. The second kappa shape index (κ2) is 4.48. The van der Waals surface area contributed by atoms with E-state index in [0.29, 0.717) is 0 Å². The van der Waals surface area contributed by atoms with Gasteiger partial charge in [0.1, 0.15) is 5.82 Å². The molecule has 1 aromatic rings. The van der Waals surface area contributed by atoms with Crippen molar-refractivity contribution >= 4 is 11.9 Å². The Balaban J connectivity index is 2.58. The minimum Gasteiger partial charge on any atom is -0.250 e. The molecule has 0 saturated heterocycles. The average molecular weight is 185 g/mol. The first-order valence-corrected chi connectivity index (χ1v) is 4.64. The Morgan fingerprint density at radius 3 is 2.42 bits per heavy atom. The van der Waals surface area contributed by atoms with Crippen molar-refractivity contribution in [3.05, 3.63) is 30.1 Å². The molecular weight excluding hydrogens is 173 g/mol. The molecule has 0 N–H and O–H groups in total. The minimum absolute atomic E-state index is 0.182. The van der Waals surface area contributed by atoms with Crippen LogP contribution in [0.2, 0.25) is 0 Å². The first-order valence-electron chi connectivity index (χ1n) is 3.87. The van der Waals surface area contributed by atoms with Crippen LogP contribution >= 0.6 is 11.9 Å². The van der Waals surface area contributed by atoms with Crippen LogP contribution < -0.4 is 0 Å². The Kier molecular flexibility index (Phi) is 3.56. The van der Waals surface area contributed by atoms with Crippen molar-refractivity contribution in [2.24, 2.45) is 0 Å². The van der Waals surface area contributed by atoms with Crippen LogP contribution in [-0.2, 0) is 0 Å². The van der Waals surface area contributed by atoms with E-state index in [4.69, 9.17) is 0 Å². The molecule has 0 fully saturated rings. The molecule has 1 nitrogen and oxygen atoms in total. The lowest BCUT2D eigenvalue weighted by molar-refractivity contribution is 0.601. The summed E-state index contributed by atoms with van der Waals surface area (Å²) >= 11 is 1.62. The monoisotopic (exact) mass is 185 g/mol. The highest BCUT2D eigenvalue weighted by Gasteiger charge is 1.97. The lowest BCUT2D eigenvalue weighted by Crippen LogP contribution is -2.06. The maximum absolute atomic E-state index is 12.5. The summed E-state index contributed by atoms with van der Waals surface area (Å²) in [6, 6.07) is 6.52. The highest BCUT2D eigenvalue weighted by molar-refractivity contribution is 7.97. The molecule has 12 heavy (non-hydrogen) atoms. The van der Waals surface area contributed by atoms with Gasteiger partial charge in [0.05, 0.1) is 0 Å². The van der Waals surface area contributed by atoms with Gasteiger partial charge >= 0.3 is 0 Å². The van der Waals surface area contributed by atoms with Gasteiger partial charge in [-0.2, -0.15) is 0 Å². The molecule has 0 heterocycles. The van der Waals surface area contributed by atoms with Crippen LogP contribution in [-0.4, -0.2) is 17.9 Å². The Labute approximate surface area is 76.7 Å². The molecule has 0 spiro atoms. The first kappa shape index (κ1) is 9.55. The molecule has 0 unspecified atom stereocenters. The van der Waals surface area contributed by atoms with E-state index >= 15 is 0 Å². The van der Waals surface area contributed by atoms with Gasteiger partial charge in [-0.1, -0.05) is 6.92 Å². The van der Waals surface area contributed by atoms with E-state index in [9.17, 15) is 4.39 Å². The smallest absolute Gasteiger partial charge is 0.123 e. The van der Waals surface area contributed by atoms with E-state index < -0.39 is 0 Å². The molecule has 0 radical (unpaired) electrons. The van der Waals surface area contributed by atoms with E-state index in [1.807, 2.05) is 7.05 Å². The highest BCUT2D eigenvalue weighted by atomic mass is 32.2. The first-order chi connectivity index (χ1) is 5.72. The second-order valence-corrected chi connectivity index (χ2v) is 3.77. The fourth-order valence-electron chi connectivity index (χ4n) is 0.740. The standard InChI is InChI=1S/C9H12FNS/c1-3-11(2)12-9-6-4-8(10)5-7-9/h4-7H,3H2,1-2H3. The summed E-state index contributed by atoms with van der Waals surface area (Å²) < 4.78 is 14.6. The normalized spacial score (nSPS) is 10.7. The average Bonchev–Trinajstić information content (AvgIpc) is 2.09. The third kappa shape index (κ3) is 2.83. The van der Waals surface area contributed by atoms with Gasteiger partial charge in [-0.15, -0.1) is 0 Å². The predicted octanol–water partition coefficient (Wildman–Crippen LogP) is 2.78. The van der Waals surface area contributed by atoms with Crippen LogP contribution in [0.15, 0.2) is 29.2 Å². The number of hydrogen-bond donors (Lipinski definition) is 0. The third-order valence-corrected chi connectivity index (χ3v) is 2.57. The maximum Gasteiger partial charge on any atom is 0.123 e. The SMILES string of the molecule is CCN(C)Sc1ccc(F)cc1. The predicted molar refractivity (Wildman–Crippen MR) is 50.6 cm³/mol. The van der Waals surface area contributed by atoms with E-state index in [1.54, 1.807) is 24.1 Å². The van der Waals surface area contributed by atoms with Gasteiger partial charge in [0, 0.05) is 11.4 Å². The van der Waals surface area contributed by atoms with Crippen LogP contribution in [0.1, 0.15) is 6.92 Å². The van der Waals surface area contributed by atoms with E-state index in [-0.39, 0.29) is 5.82 Å². The van der Waals surface area contributed by atoms with Crippen molar-refractivity contribution in [2.45, 2.75) is 11.8 Å². The highest BCUT2D eigenvalue weighted by Crippen LogP contribution is 2.20. The lowest BCUT2D eigenvalue weighted by atomic mass is 10.4. The molecule has 3 heteroatoms. The molecule has 0 amide bonds. The van der Waals surface area contributed by atoms with Crippen LogP contribution in [0.3, 0.4) is 0 Å². The molecule has 0 aromatic heterocycles. The van der Waals surface area contributed by atoms with E-state index in [1.165, 1.54) is 12.1 Å². The van der Waals surface area contributed by atoms with E-state index in [0.717, 1.165) is 11.4 Å². The molecule has 0 bridgehead atoms. The van der Waals surface area contributed by atoms with E-state index in [2.05, 4.69) is 11.2 Å². The molecule has 1 rings (SSSR count). The fraction of sp³-hybridized carbons (Fsp3) is 0.333. The van der Waals surface area contributed by atoms with Gasteiger partial charge in [-0.05, 0) is 43.3 Å². The van der Waals surface area contributed by atoms with Gasteiger partial charge in [0.2, 0.25) is 0 Å². The van der Waals surface area contributed by atoms with Crippen molar-refractivity contribution in [3.63, 3.8) is 0 Å². The largest absolute Gasteiger partial charge is 0.250 e. The van der Waals surface area contributed by atoms with Crippen molar-refractivity contribution < 1.29 is 4.39 Å². The molecule has 66 valence electrons. The number of nitrogens with zero attached hydrogens (tertiary/aromatic N) is 1. The number of rotatable bonds is 3. The van der Waals surface area contributed by atoms with Crippen molar-refractivity contribution in [2.75, 3.05) is 13.6 Å². The van der Waals surface area contributed by atoms with Gasteiger partial charge in [-0.25, -0.2) is 8.70 Å². The summed E-state index contributed by atoms with van der Waals surface area (Å²) in [5, 5.41) is 0. The molecule has 1 aromatic carbocycles. The Morgan fingerprint density at radius 2 is 1.92 bits per heavy atom. The molecule has 0 aliphatic carbocycles. The second-order valence-electron chi connectivity index (χ2n) is 2.49. The van der Waals surface area contributed by atoms with Crippen LogP contribution in [0, 0.1) is 5.82 Å². The van der Waals surface area contributed by atoms with Crippen LogP contribution in [0.25, 0.3) is 0 Å². The zero-order valence-electron chi connectivity index (χ0n) is 7.25. The number of hydrogen-bond acceptors (Lipinski definition) is 2. The Morgan fingerprint density at radius 1 is 1.33 bits per heavy atom. The third-order valence-electron chi connectivity index (χ3n) is 1.52. The Bertz CT molecular complexity index is 235. The van der Waals surface area contributed by atoms with Crippen molar-refractivity contribution in [1.29, 1.82) is 0 Å². The zero-order valence-corrected chi connectivity index (χ0v) is 8.07. The van der Waals surface area contributed by atoms with Gasteiger partial charge in [0.15, 0.2) is 0 Å². The van der Waals surface area contributed by atoms with Crippen LogP contribution in [0.4, 0.5) is 4.39 Å². The lowest BCUT2D eigenvalue weighted by Gasteiger charge is -2.11. The maximum atomic E-state index is 12.5. The Hall–Kier alpha value is -0.540. The van der Waals surface area contributed by atoms with Gasteiger partial charge in [0.25, 0.3) is 0 Å². The van der Waals surface area contributed by atoms with Crippen LogP contribution in [0.5, 0.6) is 0 Å². The molecule has 0 aliphatic heterocycles. The number of halogens is 1.